The Morgan fingerprint density at radius 1 is 1.04 bits per heavy atom. The van der Waals surface area contributed by atoms with Crippen LogP contribution in [0.4, 0.5) is 13.2 Å². The van der Waals surface area contributed by atoms with E-state index in [1.54, 1.807) is 0 Å². The highest BCUT2D eigenvalue weighted by molar-refractivity contribution is 5.69. The number of alkyl halides is 3. The molecule has 0 saturated carbocycles. The maximum absolute atomic E-state index is 12.2. The van der Waals surface area contributed by atoms with E-state index >= 15 is 0 Å². The van der Waals surface area contributed by atoms with Gasteiger partial charge in [-0.15, -0.1) is 10.3 Å². The summed E-state index contributed by atoms with van der Waals surface area (Å²) < 4.78 is 41.5. The molecule has 7 heteroatoms. The monoisotopic (exact) mass is 352 g/mol. The molecule has 0 amide bonds. The van der Waals surface area contributed by atoms with Crippen LogP contribution in [0.5, 0.6) is 0 Å². The third-order valence-electron chi connectivity index (χ3n) is 4.44. The molecule has 0 spiro atoms. The Hall–Kier alpha value is -0.820. The van der Waals surface area contributed by atoms with Gasteiger partial charge >= 0.3 is 12.1 Å². The third-order valence-corrected chi connectivity index (χ3v) is 4.44. The Morgan fingerprint density at radius 2 is 1.54 bits per heavy atom. The molecule has 1 aliphatic heterocycles. The molecular weight excluding hydrogens is 323 g/mol. The lowest BCUT2D eigenvalue weighted by molar-refractivity contribution is -0.299. The molecule has 0 aromatic carbocycles. The fourth-order valence-electron chi connectivity index (χ4n) is 3.45. The quantitative estimate of drug-likeness (QED) is 0.488. The molecule has 0 aromatic rings. The summed E-state index contributed by atoms with van der Waals surface area (Å²) in [4.78, 5) is 11.9. The second kappa shape index (κ2) is 8.04. The number of esters is 1. The van der Waals surface area contributed by atoms with Crippen molar-refractivity contribution in [3.8, 4) is 0 Å². The van der Waals surface area contributed by atoms with Gasteiger partial charge in [0.1, 0.15) is 6.10 Å². The van der Waals surface area contributed by atoms with Gasteiger partial charge in [0.15, 0.2) is 0 Å². The number of halogens is 3. The van der Waals surface area contributed by atoms with E-state index in [0.717, 1.165) is 5.06 Å². The molecule has 1 saturated heterocycles. The van der Waals surface area contributed by atoms with Gasteiger partial charge in [-0.2, -0.15) is 13.2 Å². The molecule has 0 atom stereocenters. The number of carbonyl (C=O) groups is 1. The lowest BCUT2D eigenvalue weighted by Gasteiger charge is -2.49. The number of piperidine rings is 1. The Kier molecular flexibility index (Phi) is 7.11. The molecule has 141 valence electrons. The second-order valence-electron chi connectivity index (χ2n) is 7.97. The molecular formula is C17H29F3NO3. The first-order valence-electron chi connectivity index (χ1n) is 8.57. The van der Waals surface area contributed by atoms with Crippen LogP contribution in [0, 0.1) is 0 Å². The van der Waals surface area contributed by atoms with Crippen LogP contribution in [0.25, 0.3) is 0 Å². The van der Waals surface area contributed by atoms with Crippen molar-refractivity contribution in [3.05, 3.63) is 0 Å². The van der Waals surface area contributed by atoms with Gasteiger partial charge in [-0.3, -0.25) is 4.79 Å². The van der Waals surface area contributed by atoms with E-state index in [-0.39, 0.29) is 24.9 Å². The number of ether oxygens (including phenoxy) is 1. The van der Waals surface area contributed by atoms with Crippen molar-refractivity contribution in [2.45, 2.75) is 102 Å². The normalized spacial score (nSPS) is 21.7. The highest BCUT2D eigenvalue weighted by atomic mass is 19.4. The molecule has 0 unspecified atom stereocenters. The zero-order valence-electron chi connectivity index (χ0n) is 15.0. The highest BCUT2D eigenvalue weighted by Crippen LogP contribution is 2.38. The van der Waals surface area contributed by atoms with Crippen molar-refractivity contribution in [2.75, 3.05) is 0 Å². The maximum atomic E-state index is 12.2. The number of hydrogen-bond donors (Lipinski definition) is 0. The van der Waals surface area contributed by atoms with Crippen LogP contribution in [-0.4, -0.2) is 34.4 Å². The summed E-state index contributed by atoms with van der Waals surface area (Å²) in [7, 11) is 0. The van der Waals surface area contributed by atoms with Gasteiger partial charge in [0.25, 0.3) is 0 Å². The van der Waals surface area contributed by atoms with Crippen molar-refractivity contribution in [1.82, 2.24) is 5.06 Å². The number of carbonyl (C=O) groups excluding carboxylic acids is 1. The number of unbranched alkanes of at least 4 members (excludes halogenated alkanes) is 3. The fourth-order valence-corrected chi connectivity index (χ4v) is 3.45. The Labute approximate surface area is 142 Å². The van der Waals surface area contributed by atoms with Crippen LogP contribution < -0.4 is 0 Å². The van der Waals surface area contributed by atoms with Crippen molar-refractivity contribution < 1.29 is 27.9 Å². The van der Waals surface area contributed by atoms with Crippen LogP contribution in [-0.2, 0) is 14.7 Å². The molecule has 24 heavy (non-hydrogen) atoms. The summed E-state index contributed by atoms with van der Waals surface area (Å²) >= 11 is 0. The summed E-state index contributed by atoms with van der Waals surface area (Å²) in [5.74, 6) is -0.332. The molecule has 1 heterocycles. The molecule has 1 rings (SSSR count). The van der Waals surface area contributed by atoms with Gasteiger partial charge in [-0.05, 0) is 40.5 Å². The molecule has 1 aliphatic rings. The fraction of sp³-hybridized carbons (Fsp3) is 0.941. The van der Waals surface area contributed by atoms with E-state index in [4.69, 9.17) is 4.74 Å². The smallest absolute Gasteiger partial charge is 0.389 e. The molecule has 0 N–H and O–H groups in total. The largest absolute Gasteiger partial charge is 0.462 e. The van der Waals surface area contributed by atoms with E-state index in [9.17, 15) is 23.2 Å². The maximum Gasteiger partial charge on any atom is 0.389 e. The summed E-state index contributed by atoms with van der Waals surface area (Å²) in [5.41, 5.74) is -1.19. The lowest BCUT2D eigenvalue weighted by Crippen LogP contribution is -2.60. The first-order chi connectivity index (χ1) is 10.8. The number of hydroxylamine groups is 2. The second-order valence-corrected chi connectivity index (χ2v) is 7.97. The topological polar surface area (TPSA) is 49.4 Å². The van der Waals surface area contributed by atoms with Gasteiger partial charge in [0.2, 0.25) is 0 Å². The minimum Gasteiger partial charge on any atom is -0.462 e. The van der Waals surface area contributed by atoms with E-state index in [0.29, 0.717) is 32.1 Å². The molecule has 4 nitrogen and oxygen atoms in total. The summed E-state index contributed by atoms with van der Waals surface area (Å²) in [6.45, 7) is 7.34. The predicted octanol–water partition coefficient (Wildman–Crippen LogP) is 4.80. The average Bonchev–Trinajstić information content (AvgIpc) is 2.38. The third kappa shape index (κ3) is 6.97. The van der Waals surface area contributed by atoms with Gasteiger partial charge in [0.05, 0.1) is 0 Å². The van der Waals surface area contributed by atoms with Crippen LogP contribution in [0.3, 0.4) is 0 Å². The van der Waals surface area contributed by atoms with Gasteiger partial charge in [0, 0.05) is 36.8 Å². The zero-order valence-corrected chi connectivity index (χ0v) is 15.0. The highest BCUT2D eigenvalue weighted by Gasteiger charge is 2.47. The first kappa shape index (κ1) is 21.2. The van der Waals surface area contributed by atoms with Gasteiger partial charge in [-0.1, -0.05) is 12.8 Å². The molecule has 1 fully saturated rings. The van der Waals surface area contributed by atoms with Gasteiger partial charge in [-0.25, -0.2) is 0 Å². The average molecular weight is 352 g/mol. The SMILES string of the molecule is CC1(C)CC(OC(=O)CCCCCCC(F)(F)F)CC(C)(C)N1[O]. The van der Waals surface area contributed by atoms with E-state index in [1.165, 1.54) is 0 Å². The van der Waals surface area contributed by atoms with Crippen molar-refractivity contribution >= 4 is 5.97 Å². The summed E-state index contributed by atoms with van der Waals surface area (Å²) in [6, 6.07) is 0. The number of nitrogens with zero attached hydrogens (tertiary/aromatic N) is 1. The van der Waals surface area contributed by atoms with Crippen molar-refractivity contribution in [2.24, 2.45) is 0 Å². The van der Waals surface area contributed by atoms with E-state index in [2.05, 4.69) is 0 Å². The van der Waals surface area contributed by atoms with Crippen LogP contribution in [0.1, 0.15) is 79.1 Å². The van der Waals surface area contributed by atoms with Crippen molar-refractivity contribution in [1.29, 1.82) is 0 Å². The van der Waals surface area contributed by atoms with E-state index < -0.39 is 23.7 Å². The molecule has 0 bridgehead atoms. The molecule has 0 aliphatic carbocycles. The minimum atomic E-state index is -4.10. The minimum absolute atomic E-state index is 0.100. The summed E-state index contributed by atoms with van der Waals surface area (Å²) in [5, 5.41) is 13.3. The Morgan fingerprint density at radius 3 is 2.04 bits per heavy atom. The zero-order chi connectivity index (χ0) is 18.6. The first-order valence-corrected chi connectivity index (χ1v) is 8.57. The lowest BCUT2D eigenvalue weighted by atomic mass is 9.80. The van der Waals surface area contributed by atoms with E-state index in [1.807, 2.05) is 27.7 Å². The molecule has 1 radical (unpaired) electrons. The van der Waals surface area contributed by atoms with Crippen molar-refractivity contribution in [3.63, 3.8) is 0 Å². The Balaban J connectivity index is 2.28. The van der Waals surface area contributed by atoms with Crippen LogP contribution in [0.15, 0.2) is 0 Å². The van der Waals surface area contributed by atoms with Crippen LogP contribution in [0.2, 0.25) is 0 Å². The molecule has 0 aromatic heterocycles. The number of hydrogen-bond acceptors (Lipinski definition) is 3. The number of rotatable bonds is 7. The Bertz CT molecular complexity index is 404. The standard InChI is InChI=1S/C17H29F3NO3/c1-15(2)11-13(12-16(3,4)21(15)23)24-14(22)9-7-5-6-8-10-17(18,19)20/h13H,5-12H2,1-4H3. The van der Waals surface area contributed by atoms with Gasteiger partial charge < -0.3 is 4.74 Å². The predicted molar refractivity (Wildman–Crippen MR) is 83.6 cm³/mol. The summed E-state index contributed by atoms with van der Waals surface area (Å²) in [6.07, 6.45) is -2.31. The van der Waals surface area contributed by atoms with Crippen LogP contribution >= 0.6 is 0 Å².